The number of carbonyl (C=O) groups is 6. The van der Waals surface area contributed by atoms with Crippen LogP contribution in [0.4, 0.5) is 24.0 Å². The Morgan fingerprint density at radius 3 is 0.524 bits per heavy atom. The van der Waals surface area contributed by atoms with E-state index in [1.807, 2.05) is 231 Å². The largest absolute Gasteiger partial charge is 0.453 e. The molecule has 0 spiro atoms. The number of nitrogens with zero attached hydrogens (tertiary/aromatic N) is 27. The van der Waals surface area contributed by atoms with E-state index in [1.54, 1.807) is 214 Å². The second kappa shape index (κ2) is 113. The van der Waals surface area contributed by atoms with E-state index in [0.29, 0.717) is 9.74 Å². The molecule has 7 amide bonds. The topological polar surface area (TPSA) is 333 Å². The van der Waals surface area contributed by atoms with Gasteiger partial charge in [-0.05, 0) is 212 Å². The highest BCUT2D eigenvalue weighted by molar-refractivity contribution is 8.28. The number of hydrogen-bond donors (Lipinski definition) is 0. The van der Waals surface area contributed by atoms with E-state index >= 15 is 0 Å². The Kier molecular flexibility index (Phi) is 156. The van der Waals surface area contributed by atoms with Crippen molar-refractivity contribution in [3.8, 4) is 0 Å². The van der Waals surface area contributed by atoms with Crippen LogP contribution in [0.5, 0.6) is 0 Å². The van der Waals surface area contributed by atoms with Crippen molar-refractivity contribution in [2.45, 2.75) is 168 Å². The first-order valence-corrected chi connectivity index (χ1v) is 53.7. The van der Waals surface area contributed by atoms with Gasteiger partial charge in [0.25, 0.3) is 20.7 Å². The number of methoxy groups -OCH3 is 6. The first-order chi connectivity index (χ1) is 62.8. The summed E-state index contributed by atoms with van der Waals surface area (Å²) in [6, 6.07) is 0.0185. The Balaban J connectivity index is -0.0000000494. The number of aliphatic imine (C=N–C) groups is 4. The molecule has 0 aromatic heterocycles. The van der Waals surface area contributed by atoms with Crippen molar-refractivity contribution in [1.82, 2.24) is 109 Å². The maximum Gasteiger partial charge on any atom is 0.408 e. The third-order valence-electron chi connectivity index (χ3n) is 18.5. The molecule has 0 aliphatic rings. The maximum atomic E-state index is 10.9. The molecule has 910 valence electrons. The number of rotatable bonds is 17. The van der Waals surface area contributed by atoms with Crippen LogP contribution in [0, 0.1) is 0 Å². The molecule has 0 unspecified atom stereocenters. The zero-order valence-electron chi connectivity index (χ0n) is 105. The van der Waals surface area contributed by atoms with Crippen LogP contribution in [0.1, 0.15) is 141 Å². The monoisotopic (exact) mass is 2270 g/mol. The van der Waals surface area contributed by atoms with Crippen molar-refractivity contribution in [1.29, 1.82) is 0 Å². The summed E-state index contributed by atoms with van der Waals surface area (Å²) in [5.41, 5.74) is 0.525. The average molecular weight is 2270 g/mol. The molecule has 0 heterocycles. The van der Waals surface area contributed by atoms with Crippen LogP contribution >= 0.6 is 57.4 Å². The molecule has 0 aliphatic carbocycles. The standard InChI is InChI=1S/2C6H15N3.C6H18N2S.2C6H15NO.C6H11NO.2C6H15NS.C5H12N2O.2C5H12N2.C5H12O2.C4H12N2O2S.C4H12N2OS.2C4H9NO2.2C4H9NOS.6CH4/c2*1-7-6(8(2)3)9(4)5;1-7(2)9(5,6)8(3)4;2*1-6(2,8-5)7(3)4;1-5(2)7(4)6(3)8;2*1-6(2,8-5)7(3)4;1-6(2)5(8)7(3)4;2*1-5(6-2)7(3)4;1-5(2,6-3)7-4;1-5(2)9(7,8)6(3)4;1-5(2)8(7)6(3)4;4*1-5(2)4(6)7-3;;;;;;/h2*1-5H3;1-6H3;2*1-5H3;1H2,2-4H3;2*1-5H3;1-4H3;3*1-4H3;1-4H3;1-4H3;4*1-3H3;6*1H4. The quantitative estimate of drug-likeness (QED) is 0.0741. The summed E-state index contributed by atoms with van der Waals surface area (Å²) in [6.45, 7) is 31.4. The van der Waals surface area contributed by atoms with Crippen LogP contribution in [0.25, 0.3) is 0 Å². The zero-order chi connectivity index (χ0) is 119. The van der Waals surface area contributed by atoms with E-state index in [9.17, 15) is 41.4 Å². The summed E-state index contributed by atoms with van der Waals surface area (Å²) >= 11 is 5.21. The van der Waals surface area contributed by atoms with Crippen molar-refractivity contribution in [3.63, 3.8) is 0 Å². The number of hydrogen-bond acceptors (Lipinski definition) is 29. The van der Waals surface area contributed by atoms with Crippen molar-refractivity contribution in [2.75, 3.05) is 426 Å². The van der Waals surface area contributed by atoms with Gasteiger partial charge in [-0.3, -0.25) is 62.6 Å². The first-order valence-electron chi connectivity index (χ1n) is 43.9. The minimum atomic E-state index is -3.15. The lowest BCUT2D eigenvalue weighted by Gasteiger charge is -2.44. The van der Waals surface area contributed by atoms with E-state index in [2.05, 4.69) is 164 Å². The van der Waals surface area contributed by atoms with Crippen LogP contribution in [0.15, 0.2) is 32.2 Å². The fraction of sp³-hybridized carbons (Fsp3) is 0.878. The van der Waals surface area contributed by atoms with Crippen LogP contribution in [0.3, 0.4) is 0 Å². The normalized spacial score (nSPS) is 10.4. The average Bonchev–Trinajstić information content (AvgIpc) is 0.877. The molecule has 42 nitrogen and oxygen atoms in total. The molecule has 0 saturated carbocycles. The number of guanidine groups is 2. The Morgan fingerprint density at radius 1 is 0.313 bits per heavy atom. The van der Waals surface area contributed by atoms with Crippen LogP contribution in [-0.4, -0.2) is 632 Å². The van der Waals surface area contributed by atoms with Gasteiger partial charge in [-0.2, -0.15) is 17.0 Å². The highest BCUT2D eigenvalue weighted by atomic mass is 32.3. The van der Waals surface area contributed by atoms with E-state index in [-0.39, 0.29) is 90.6 Å². The molecule has 0 radical (unpaired) electrons. The minimum absolute atomic E-state index is 0. The third-order valence-corrected chi connectivity index (χ3v) is 29.4. The highest BCUT2D eigenvalue weighted by Crippen LogP contribution is 2.43. The molecule has 0 fully saturated rings. The second-order valence-corrected chi connectivity index (χ2v) is 48.6. The molecule has 0 aromatic rings. The molecule has 0 aromatic carbocycles. The lowest BCUT2D eigenvalue weighted by molar-refractivity contribution is -0.178. The number of thioether (sulfide) groups is 4. The Bertz CT molecular complexity index is 2980. The summed E-state index contributed by atoms with van der Waals surface area (Å²) in [6.07, 6.45) is 11.7. The van der Waals surface area contributed by atoms with E-state index in [4.69, 9.17) is 18.9 Å². The van der Waals surface area contributed by atoms with Gasteiger partial charge in [0, 0.05) is 302 Å². The summed E-state index contributed by atoms with van der Waals surface area (Å²) in [7, 11) is 96.3. The Labute approximate surface area is 936 Å². The van der Waals surface area contributed by atoms with Crippen molar-refractivity contribution in [2.24, 2.45) is 20.0 Å². The lowest BCUT2D eigenvalue weighted by Crippen LogP contribution is -2.39. The van der Waals surface area contributed by atoms with Gasteiger partial charge in [0.2, 0.25) is 5.91 Å². The van der Waals surface area contributed by atoms with Crippen LogP contribution < -0.4 is 0 Å². The molecular weight excluding hydrogens is 2020 g/mol. The predicted octanol–water partition coefficient (Wildman–Crippen LogP) is 15.3. The van der Waals surface area contributed by atoms with Gasteiger partial charge in [0.05, 0.1) is 35.6 Å². The van der Waals surface area contributed by atoms with Crippen molar-refractivity contribution < 1.29 is 69.8 Å². The Morgan fingerprint density at radius 2 is 0.524 bits per heavy atom. The molecule has 0 aliphatic heterocycles. The molecule has 0 bridgehead atoms. The van der Waals surface area contributed by atoms with E-state index in [0.717, 1.165) is 37.9 Å². The summed E-state index contributed by atoms with van der Waals surface area (Å²) in [4.78, 5) is 110. The SMILES string of the molecule is C.C.C.C.C.C.C=C(C)N(C)C(C)=O.CN(C)C(=O)N(C)C.CN(C)S(=O)(=O)N(C)C.CN(C)S(=O)N(C)C.CN(C)S(C)(C)N(C)C.CN=C(C)N(C)C.CN=C(C)N(C)C.CN=C(N(C)C)N(C)C.CN=C(N(C)C)N(C)C.COC(=O)N(C)C.COC(=O)N(C)C.COC(C)(C)N(C)C.COC(C)(C)N(C)C.COC(C)(C)OC.CSC(=O)N(C)C.CSC(=O)N(C)C.CSC(C)(C)N(C)C.CSC(C)(C)N(C)C. The molecule has 0 N–H and O–H groups in total. The molecule has 49 heteroatoms. The summed E-state index contributed by atoms with van der Waals surface area (Å²) < 4.78 is 71.3. The van der Waals surface area contributed by atoms with Gasteiger partial charge in [0.15, 0.2) is 28.9 Å². The first kappa shape index (κ1) is 203. The number of ether oxygens (including phenoxy) is 6. The Hall–Kier alpha value is -5.27. The predicted molar refractivity (Wildman–Crippen MR) is 670 cm³/mol. The molecule has 0 saturated heterocycles. The van der Waals surface area contributed by atoms with Gasteiger partial charge >= 0.3 is 18.2 Å². The number of urea groups is 1. The van der Waals surface area contributed by atoms with Gasteiger partial charge in [0.1, 0.15) is 11.4 Å². The smallest absolute Gasteiger partial charge is 0.408 e. The van der Waals surface area contributed by atoms with Gasteiger partial charge < -0.3 is 92.1 Å². The minimum Gasteiger partial charge on any atom is -0.453 e. The van der Waals surface area contributed by atoms with Crippen molar-refractivity contribution in [3.05, 3.63) is 12.3 Å². The van der Waals surface area contributed by atoms with Crippen molar-refractivity contribution >= 4 is 137 Å². The van der Waals surface area contributed by atoms with Gasteiger partial charge in [-0.15, -0.1) is 33.9 Å². The molecule has 147 heavy (non-hydrogen) atoms. The number of allylic oxidation sites excluding steroid dienone is 1. The summed E-state index contributed by atoms with van der Waals surface area (Å²) in [5.74, 6) is 3.68. The molecule has 0 atom stereocenters. The molecule has 0 rings (SSSR count). The maximum absolute atomic E-state index is 10.9. The number of amidine groups is 2. The number of amides is 7. The highest BCUT2D eigenvalue weighted by Gasteiger charge is 2.22. The molecular formula is C98H251N27O15S7. The fourth-order valence-corrected chi connectivity index (χ4v) is 8.61. The van der Waals surface area contributed by atoms with Crippen LogP contribution in [-0.2, 0) is 54.6 Å². The third kappa shape index (κ3) is 137. The fourth-order valence-electron chi connectivity index (χ4n) is 5.19. The number of carbonyl (C=O) groups excluding carboxylic acids is 6. The lowest BCUT2D eigenvalue weighted by atomic mass is 10.3. The van der Waals surface area contributed by atoms with E-state index < -0.39 is 37.6 Å². The van der Waals surface area contributed by atoms with Gasteiger partial charge in [-0.25, -0.2) is 27.2 Å². The zero-order valence-corrected chi connectivity index (χ0v) is 110. The summed E-state index contributed by atoms with van der Waals surface area (Å²) in [5, 5.41) is 0.194. The second-order valence-electron chi connectivity index (χ2n) is 36.1. The van der Waals surface area contributed by atoms with Crippen LogP contribution in [0.2, 0.25) is 0 Å². The van der Waals surface area contributed by atoms with E-state index in [1.165, 1.54) is 97.4 Å². The van der Waals surface area contributed by atoms with Gasteiger partial charge in [-0.1, -0.05) is 74.7 Å².